The van der Waals surface area contributed by atoms with Crippen molar-refractivity contribution in [3.05, 3.63) is 29.8 Å². The minimum absolute atomic E-state index is 0.0453. The smallest absolute Gasteiger partial charge is 0.244 e. The monoisotopic (exact) mass is 266 g/mol. The van der Waals surface area contributed by atoms with Crippen LogP contribution in [0.2, 0.25) is 0 Å². The van der Waals surface area contributed by atoms with Gasteiger partial charge in [-0.25, -0.2) is 8.42 Å². The molecule has 0 saturated carbocycles. The molecule has 1 heterocycles. The lowest BCUT2D eigenvalue weighted by atomic mass is 10.1. The highest BCUT2D eigenvalue weighted by molar-refractivity contribution is 7.89. The molecule has 18 heavy (non-hydrogen) atoms. The average Bonchev–Trinajstić information content (AvgIpc) is 2.39. The van der Waals surface area contributed by atoms with E-state index in [1.54, 1.807) is 12.1 Å². The predicted octanol–water partition coefficient (Wildman–Crippen LogP) is 0.704. The summed E-state index contributed by atoms with van der Waals surface area (Å²) in [6.45, 7) is 0.590. The number of piperidine rings is 1. The van der Waals surface area contributed by atoms with Crippen LogP contribution in [-0.4, -0.2) is 37.0 Å². The van der Waals surface area contributed by atoms with Crippen LogP contribution >= 0.6 is 0 Å². The minimum Gasteiger partial charge on any atom is -0.393 e. The molecule has 0 aromatic heterocycles. The molecular formula is C12H14N2O3S. The Morgan fingerprint density at radius 2 is 1.89 bits per heavy atom. The molecule has 6 heteroatoms. The number of benzene rings is 1. The van der Waals surface area contributed by atoms with E-state index >= 15 is 0 Å². The topological polar surface area (TPSA) is 81.4 Å². The zero-order chi connectivity index (χ0) is 13.2. The summed E-state index contributed by atoms with van der Waals surface area (Å²) in [6, 6.07) is 8.07. The first kappa shape index (κ1) is 13.0. The molecule has 0 aliphatic carbocycles. The fourth-order valence-corrected chi connectivity index (χ4v) is 3.62. The molecule has 0 spiro atoms. The van der Waals surface area contributed by atoms with E-state index < -0.39 is 16.1 Å². The summed E-state index contributed by atoms with van der Waals surface area (Å²) >= 11 is 0. The number of hydrogen-bond donors (Lipinski definition) is 1. The van der Waals surface area contributed by atoms with Crippen LogP contribution in [0.1, 0.15) is 18.4 Å². The Morgan fingerprint density at radius 3 is 2.50 bits per heavy atom. The Morgan fingerprint density at radius 1 is 1.28 bits per heavy atom. The third-order valence-electron chi connectivity index (χ3n) is 3.05. The molecule has 1 aliphatic heterocycles. The van der Waals surface area contributed by atoms with Gasteiger partial charge in [-0.05, 0) is 25.0 Å². The van der Waals surface area contributed by atoms with Crippen molar-refractivity contribution in [3.63, 3.8) is 0 Å². The van der Waals surface area contributed by atoms with Gasteiger partial charge in [0.2, 0.25) is 10.0 Å². The molecule has 1 N–H and O–H groups in total. The van der Waals surface area contributed by atoms with Gasteiger partial charge in [-0.3, -0.25) is 0 Å². The number of nitrogens with zero attached hydrogens (tertiary/aromatic N) is 2. The second-order valence-electron chi connectivity index (χ2n) is 4.24. The SMILES string of the molecule is N#Cc1ccccc1S(=O)(=O)N1CCC(O)CC1. The standard InChI is InChI=1S/C12H14N2O3S/c13-9-10-3-1-2-4-12(10)18(16,17)14-7-5-11(15)6-8-14/h1-4,11,15H,5-8H2. The molecule has 1 saturated heterocycles. The van der Waals surface area contributed by atoms with Gasteiger partial charge in [0.05, 0.1) is 16.6 Å². The lowest BCUT2D eigenvalue weighted by Crippen LogP contribution is -2.40. The molecule has 0 atom stereocenters. The summed E-state index contributed by atoms with van der Waals surface area (Å²) in [5.41, 5.74) is 0.156. The Kier molecular flexibility index (Phi) is 3.66. The number of sulfonamides is 1. The normalized spacial score (nSPS) is 18.4. The van der Waals surface area contributed by atoms with Crippen LogP contribution in [0.5, 0.6) is 0 Å². The van der Waals surface area contributed by atoms with Gasteiger partial charge >= 0.3 is 0 Å². The largest absolute Gasteiger partial charge is 0.393 e. The van der Waals surface area contributed by atoms with Gasteiger partial charge < -0.3 is 5.11 Å². The Balaban J connectivity index is 2.34. The summed E-state index contributed by atoms with van der Waals surface area (Å²) in [5.74, 6) is 0. The molecule has 1 aromatic rings. The van der Waals surface area contributed by atoms with E-state index in [0.29, 0.717) is 25.9 Å². The quantitative estimate of drug-likeness (QED) is 0.854. The second kappa shape index (κ2) is 5.06. The first-order valence-corrected chi connectivity index (χ1v) is 7.17. The van der Waals surface area contributed by atoms with Crippen molar-refractivity contribution in [3.8, 4) is 6.07 Å². The van der Waals surface area contributed by atoms with Gasteiger partial charge in [-0.1, -0.05) is 12.1 Å². The molecule has 5 nitrogen and oxygen atoms in total. The number of nitriles is 1. The zero-order valence-electron chi connectivity index (χ0n) is 9.78. The van der Waals surface area contributed by atoms with Crippen LogP contribution in [0.4, 0.5) is 0 Å². The van der Waals surface area contributed by atoms with Crippen LogP contribution in [0.15, 0.2) is 29.2 Å². The summed E-state index contributed by atoms with van der Waals surface area (Å²) < 4.78 is 26.1. The molecule has 2 rings (SSSR count). The van der Waals surface area contributed by atoms with Crippen LogP contribution in [0.25, 0.3) is 0 Å². The Labute approximate surface area is 106 Å². The molecule has 0 radical (unpaired) electrons. The number of hydrogen-bond acceptors (Lipinski definition) is 4. The lowest BCUT2D eigenvalue weighted by Gasteiger charge is -2.28. The highest BCUT2D eigenvalue weighted by atomic mass is 32.2. The second-order valence-corrected chi connectivity index (χ2v) is 6.15. The average molecular weight is 266 g/mol. The van der Waals surface area contributed by atoms with Gasteiger partial charge in [0, 0.05) is 13.1 Å². The number of rotatable bonds is 2. The van der Waals surface area contributed by atoms with E-state index in [0.717, 1.165) is 0 Å². The predicted molar refractivity (Wildman–Crippen MR) is 65.2 cm³/mol. The van der Waals surface area contributed by atoms with Gasteiger partial charge in [0.1, 0.15) is 6.07 Å². The summed E-state index contributed by atoms with van der Waals surface area (Å²) in [5, 5.41) is 18.3. The first-order chi connectivity index (χ1) is 8.55. The van der Waals surface area contributed by atoms with Gasteiger partial charge in [-0.15, -0.1) is 0 Å². The van der Waals surface area contributed by atoms with Crippen LogP contribution in [0.3, 0.4) is 0 Å². The first-order valence-electron chi connectivity index (χ1n) is 5.73. The van der Waals surface area contributed by atoms with Gasteiger partial charge in [0.25, 0.3) is 0 Å². The molecule has 1 aromatic carbocycles. The summed E-state index contributed by atoms with van der Waals surface area (Å²) in [6.07, 6.45) is 0.449. The van der Waals surface area contributed by atoms with E-state index in [9.17, 15) is 13.5 Å². The van der Waals surface area contributed by atoms with Crippen molar-refractivity contribution in [2.75, 3.05) is 13.1 Å². The molecule has 1 aliphatic rings. The fourth-order valence-electron chi connectivity index (χ4n) is 2.01. The van der Waals surface area contributed by atoms with E-state index in [1.807, 2.05) is 6.07 Å². The van der Waals surface area contributed by atoms with Crippen LogP contribution in [0, 0.1) is 11.3 Å². The summed E-state index contributed by atoms with van der Waals surface area (Å²) in [4.78, 5) is 0.0453. The number of aliphatic hydroxyl groups is 1. The Hall–Kier alpha value is -1.42. The Bertz CT molecular complexity index is 569. The maximum Gasteiger partial charge on any atom is 0.244 e. The van der Waals surface area contributed by atoms with Crippen molar-refractivity contribution < 1.29 is 13.5 Å². The maximum absolute atomic E-state index is 12.4. The minimum atomic E-state index is -3.63. The van der Waals surface area contributed by atoms with E-state index in [1.165, 1.54) is 16.4 Å². The van der Waals surface area contributed by atoms with Gasteiger partial charge in [0.15, 0.2) is 0 Å². The zero-order valence-corrected chi connectivity index (χ0v) is 10.6. The van der Waals surface area contributed by atoms with Gasteiger partial charge in [-0.2, -0.15) is 9.57 Å². The molecule has 1 fully saturated rings. The maximum atomic E-state index is 12.4. The van der Waals surface area contributed by atoms with Crippen molar-refractivity contribution >= 4 is 10.0 Å². The van der Waals surface area contributed by atoms with E-state index in [2.05, 4.69) is 0 Å². The highest BCUT2D eigenvalue weighted by Crippen LogP contribution is 2.23. The molecule has 0 bridgehead atoms. The fraction of sp³-hybridized carbons (Fsp3) is 0.417. The highest BCUT2D eigenvalue weighted by Gasteiger charge is 2.30. The third-order valence-corrected chi connectivity index (χ3v) is 5.01. The van der Waals surface area contributed by atoms with Crippen molar-refractivity contribution in [1.29, 1.82) is 5.26 Å². The number of aliphatic hydroxyl groups excluding tert-OH is 1. The molecule has 96 valence electrons. The molecule has 0 amide bonds. The van der Waals surface area contributed by atoms with E-state index in [4.69, 9.17) is 5.26 Å². The summed E-state index contributed by atoms with van der Waals surface area (Å²) in [7, 11) is -3.63. The van der Waals surface area contributed by atoms with Crippen molar-refractivity contribution in [2.24, 2.45) is 0 Å². The van der Waals surface area contributed by atoms with Crippen LogP contribution in [-0.2, 0) is 10.0 Å². The molecular weight excluding hydrogens is 252 g/mol. The van der Waals surface area contributed by atoms with E-state index in [-0.39, 0.29) is 10.5 Å². The van der Waals surface area contributed by atoms with Crippen molar-refractivity contribution in [2.45, 2.75) is 23.8 Å². The molecule has 0 unspecified atom stereocenters. The third kappa shape index (κ3) is 2.38. The van der Waals surface area contributed by atoms with Crippen molar-refractivity contribution in [1.82, 2.24) is 4.31 Å². The van der Waals surface area contributed by atoms with Crippen LogP contribution < -0.4 is 0 Å². The lowest BCUT2D eigenvalue weighted by molar-refractivity contribution is 0.113.